The Kier molecular flexibility index (Phi) is 2.44. The van der Waals surface area contributed by atoms with Crippen molar-refractivity contribution >= 4 is 21.6 Å². The first-order chi connectivity index (χ1) is 7.74. The van der Waals surface area contributed by atoms with E-state index < -0.39 is 0 Å². The van der Waals surface area contributed by atoms with Crippen molar-refractivity contribution < 1.29 is 0 Å². The Labute approximate surface area is 102 Å². The van der Waals surface area contributed by atoms with Crippen LogP contribution in [-0.4, -0.2) is 39.6 Å². The first kappa shape index (κ1) is 10.2. The summed E-state index contributed by atoms with van der Waals surface area (Å²) in [5, 5.41) is 4.63. The Balaban J connectivity index is 2.01. The summed E-state index contributed by atoms with van der Waals surface area (Å²) < 4.78 is 2.77. The number of hydrogen-bond donors (Lipinski definition) is 0. The summed E-state index contributed by atoms with van der Waals surface area (Å²) >= 11 is 3.45. The maximum atomic E-state index is 4.63. The summed E-state index contributed by atoms with van der Waals surface area (Å²) in [6.45, 7) is 2.26. The molecule has 1 saturated heterocycles. The fourth-order valence-corrected chi connectivity index (χ4v) is 2.62. The minimum atomic E-state index is 0.559. The molecule has 5 heteroatoms. The third kappa shape index (κ3) is 1.64. The lowest BCUT2D eigenvalue weighted by Gasteiger charge is -2.09. The largest absolute Gasteiger partial charge is 0.306 e. The summed E-state index contributed by atoms with van der Waals surface area (Å²) in [7, 11) is 2.16. The van der Waals surface area contributed by atoms with Crippen LogP contribution < -0.4 is 0 Å². The lowest BCUT2D eigenvalue weighted by molar-refractivity contribution is 0.410. The van der Waals surface area contributed by atoms with Gasteiger partial charge in [0.25, 0.3) is 0 Å². The standard InChI is InChI=1S/C11H13BrN4/c1-15-5-4-8(7-15)9-2-3-11-13-6-10(12)16(11)14-9/h2-3,6,8H,4-5,7H2,1H3. The SMILES string of the molecule is CN1CCC(c2ccc3ncc(Br)n3n2)C1. The van der Waals surface area contributed by atoms with Gasteiger partial charge in [0.1, 0.15) is 4.60 Å². The van der Waals surface area contributed by atoms with Gasteiger partial charge < -0.3 is 4.90 Å². The number of likely N-dealkylation sites (tertiary alicyclic amines) is 1. The van der Waals surface area contributed by atoms with Gasteiger partial charge in [-0.3, -0.25) is 0 Å². The van der Waals surface area contributed by atoms with Crippen molar-refractivity contribution in [2.75, 3.05) is 20.1 Å². The number of nitrogens with zero attached hydrogens (tertiary/aromatic N) is 4. The van der Waals surface area contributed by atoms with Gasteiger partial charge in [-0.15, -0.1) is 0 Å². The Morgan fingerprint density at radius 1 is 1.44 bits per heavy atom. The van der Waals surface area contributed by atoms with Crippen LogP contribution in [0.25, 0.3) is 5.65 Å². The molecule has 0 bridgehead atoms. The lowest BCUT2D eigenvalue weighted by atomic mass is 10.1. The lowest BCUT2D eigenvalue weighted by Crippen LogP contribution is -2.14. The molecule has 84 valence electrons. The van der Waals surface area contributed by atoms with Gasteiger partial charge in [-0.1, -0.05) is 0 Å². The molecule has 1 fully saturated rings. The van der Waals surface area contributed by atoms with Crippen molar-refractivity contribution in [3.63, 3.8) is 0 Å². The maximum Gasteiger partial charge on any atom is 0.154 e. The first-order valence-electron chi connectivity index (χ1n) is 5.43. The number of likely N-dealkylation sites (N-methyl/N-ethyl adjacent to an activating group) is 1. The van der Waals surface area contributed by atoms with Crippen LogP contribution in [0, 0.1) is 0 Å². The molecule has 0 N–H and O–H groups in total. The number of halogens is 1. The van der Waals surface area contributed by atoms with E-state index in [-0.39, 0.29) is 0 Å². The molecule has 0 spiro atoms. The van der Waals surface area contributed by atoms with Crippen LogP contribution in [0.5, 0.6) is 0 Å². The van der Waals surface area contributed by atoms with Crippen LogP contribution in [-0.2, 0) is 0 Å². The summed E-state index contributed by atoms with van der Waals surface area (Å²) in [5.41, 5.74) is 2.05. The van der Waals surface area contributed by atoms with E-state index in [4.69, 9.17) is 0 Å². The highest BCUT2D eigenvalue weighted by molar-refractivity contribution is 9.10. The second kappa shape index (κ2) is 3.82. The van der Waals surface area contributed by atoms with Crippen LogP contribution in [0.3, 0.4) is 0 Å². The Hall–Kier alpha value is -0.940. The second-order valence-corrected chi connectivity index (χ2v) is 5.17. The number of imidazole rings is 1. The Morgan fingerprint density at radius 2 is 2.31 bits per heavy atom. The van der Waals surface area contributed by atoms with Gasteiger partial charge in [0, 0.05) is 12.5 Å². The molecule has 1 atom stereocenters. The Bertz CT molecular complexity index is 522. The van der Waals surface area contributed by atoms with Gasteiger partial charge in [-0.25, -0.2) is 9.50 Å². The summed E-state index contributed by atoms with van der Waals surface area (Å²) in [5.74, 6) is 0.559. The highest BCUT2D eigenvalue weighted by Gasteiger charge is 2.22. The normalized spacial score (nSPS) is 22.0. The smallest absolute Gasteiger partial charge is 0.154 e. The van der Waals surface area contributed by atoms with E-state index in [2.05, 4.69) is 44.0 Å². The van der Waals surface area contributed by atoms with Crippen molar-refractivity contribution in [3.05, 3.63) is 28.6 Å². The van der Waals surface area contributed by atoms with E-state index in [0.717, 1.165) is 29.0 Å². The number of rotatable bonds is 1. The predicted molar refractivity (Wildman–Crippen MR) is 65.5 cm³/mol. The fraction of sp³-hybridized carbons (Fsp3) is 0.455. The number of hydrogen-bond acceptors (Lipinski definition) is 3. The van der Waals surface area contributed by atoms with Gasteiger partial charge in [-0.2, -0.15) is 5.10 Å². The molecular weight excluding hydrogens is 268 g/mol. The summed E-state index contributed by atoms with van der Waals surface area (Å²) in [4.78, 5) is 6.59. The van der Waals surface area contributed by atoms with Gasteiger partial charge in [-0.05, 0) is 48.1 Å². The molecule has 2 aromatic rings. The van der Waals surface area contributed by atoms with Crippen LogP contribution in [0.2, 0.25) is 0 Å². The van der Waals surface area contributed by atoms with E-state index in [1.807, 2.05) is 10.6 Å². The van der Waals surface area contributed by atoms with Crippen molar-refractivity contribution in [2.45, 2.75) is 12.3 Å². The van der Waals surface area contributed by atoms with Gasteiger partial charge >= 0.3 is 0 Å². The summed E-state index contributed by atoms with van der Waals surface area (Å²) in [6, 6.07) is 4.13. The van der Waals surface area contributed by atoms with E-state index >= 15 is 0 Å². The molecule has 16 heavy (non-hydrogen) atoms. The average molecular weight is 281 g/mol. The highest BCUT2D eigenvalue weighted by Crippen LogP contribution is 2.25. The zero-order valence-electron chi connectivity index (χ0n) is 9.10. The molecule has 1 unspecified atom stereocenters. The molecule has 0 aromatic carbocycles. The third-order valence-electron chi connectivity index (χ3n) is 3.15. The topological polar surface area (TPSA) is 33.4 Å². The van der Waals surface area contributed by atoms with E-state index in [1.165, 1.54) is 6.42 Å². The van der Waals surface area contributed by atoms with Crippen molar-refractivity contribution in [1.82, 2.24) is 19.5 Å². The zero-order valence-corrected chi connectivity index (χ0v) is 10.7. The van der Waals surface area contributed by atoms with Crippen LogP contribution in [0.1, 0.15) is 18.0 Å². The first-order valence-corrected chi connectivity index (χ1v) is 6.22. The van der Waals surface area contributed by atoms with Crippen LogP contribution in [0.15, 0.2) is 22.9 Å². The molecular formula is C11H13BrN4. The molecule has 0 aliphatic carbocycles. The van der Waals surface area contributed by atoms with Crippen LogP contribution >= 0.6 is 15.9 Å². The molecule has 2 aromatic heterocycles. The molecule has 1 aliphatic heterocycles. The molecule has 1 aliphatic rings. The van der Waals surface area contributed by atoms with Crippen molar-refractivity contribution in [1.29, 1.82) is 0 Å². The maximum absolute atomic E-state index is 4.63. The minimum absolute atomic E-state index is 0.559. The molecule has 3 rings (SSSR count). The molecule has 0 radical (unpaired) electrons. The van der Waals surface area contributed by atoms with E-state index in [1.54, 1.807) is 6.20 Å². The highest BCUT2D eigenvalue weighted by atomic mass is 79.9. The quantitative estimate of drug-likeness (QED) is 0.800. The second-order valence-electron chi connectivity index (χ2n) is 4.36. The predicted octanol–water partition coefficient (Wildman–Crippen LogP) is 1.91. The van der Waals surface area contributed by atoms with E-state index in [9.17, 15) is 0 Å². The van der Waals surface area contributed by atoms with Crippen molar-refractivity contribution in [3.8, 4) is 0 Å². The molecule has 3 heterocycles. The fourth-order valence-electron chi connectivity index (χ4n) is 2.25. The molecule has 4 nitrogen and oxygen atoms in total. The van der Waals surface area contributed by atoms with Gasteiger partial charge in [0.2, 0.25) is 0 Å². The average Bonchev–Trinajstić information content (AvgIpc) is 2.86. The summed E-state index contributed by atoms with van der Waals surface area (Å²) in [6.07, 6.45) is 2.98. The van der Waals surface area contributed by atoms with Gasteiger partial charge in [0.15, 0.2) is 5.65 Å². The monoisotopic (exact) mass is 280 g/mol. The number of aromatic nitrogens is 3. The Morgan fingerprint density at radius 3 is 3.06 bits per heavy atom. The zero-order chi connectivity index (χ0) is 11.1. The minimum Gasteiger partial charge on any atom is -0.306 e. The third-order valence-corrected chi connectivity index (χ3v) is 3.69. The molecule has 0 saturated carbocycles. The van der Waals surface area contributed by atoms with E-state index in [0.29, 0.717) is 5.92 Å². The van der Waals surface area contributed by atoms with Crippen molar-refractivity contribution in [2.24, 2.45) is 0 Å². The molecule has 0 amide bonds. The number of fused-ring (bicyclic) bond motifs is 1. The van der Waals surface area contributed by atoms with Crippen LogP contribution in [0.4, 0.5) is 0 Å². The van der Waals surface area contributed by atoms with Gasteiger partial charge in [0.05, 0.1) is 11.9 Å².